The number of amides is 3. The van der Waals surface area contributed by atoms with Crippen molar-refractivity contribution in [2.45, 2.75) is 52.2 Å². The summed E-state index contributed by atoms with van der Waals surface area (Å²) in [7, 11) is 0. The summed E-state index contributed by atoms with van der Waals surface area (Å²) in [6.07, 6.45) is 0.197. The van der Waals surface area contributed by atoms with Crippen molar-refractivity contribution in [2.75, 3.05) is 0 Å². The summed E-state index contributed by atoms with van der Waals surface area (Å²) in [6, 6.07) is 2.54. The zero-order chi connectivity index (χ0) is 17.6. The van der Waals surface area contributed by atoms with Gasteiger partial charge in [0, 0.05) is 18.5 Å². The number of thiophene rings is 1. The zero-order valence-electron chi connectivity index (χ0n) is 13.6. The summed E-state index contributed by atoms with van der Waals surface area (Å²) >= 11 is 4.59. The van der Waals surface area contributed by atoms with Crippen LogP contribution in [-0.4, -0.2) is 35.8 Å². The van der Waals surface area contributed by atoms with E-state index in [0.29, 0.717) is 4.88 Å². The van der Waals surface area contributed by atoms with Gasteiger partial charge in [0.1, 0.15) is 6.04 Å². The maximum atomic E-state index is 12.1. The molecule has 0 unspecified atom stereocenters. The summed E-state index contributed by atoms with van der Waals surface area (Å²) in [5, 5.41) is 8.13. The van der Waals surface area contributed by atoms with Crippen LogP contribution in [0.4, 0.5) is 0 Å². The monoisotopic (exact) mass is 403 g/mol. The van der Waals surface area contributed by atoms with E-state index in [-0.39, 0.29) is 36.2 Å². The van der Waals surface area contributed by atoms with E-state index < -0.39 is 6.04 Å². The minimum absolute atomic E-state index is 0.0636. The first-order valence-electron chi connectivity index (χ1n) is 7.35. The average molecular weight is 404 g/mol. The SMILES string of the molecule is CC(C)NC(=O)C[C@H](C)NC(=O)[C@H](C)NC(=O)c1ccc(Br)s1. The van der Waals surface area contributed by atoms with E-state index in [2.05, 4.69) is 31.9 Å². The zero-order valence-corrected chi connectivity index (χ0v) is 16.0. The molecule has 0 aliphatic heterocycles. The third-order valence-electron chi connectivity index (χ3n) is 2.87. The molecule has 0 spiro atoms. The van der Waals surface area contributed by atoms with Crippen LogP contribution in [0.2, 0.25) is 0 Å². The van der Waals surface area contributed by atoms with Crippen LogP contribution in [0.1, 0.15) is 43.8 Å². The number of rotatable bonds is 7. The van der Waals surface area contributed by atoms with Gasteiger partial charge in [0.15, 0.2) is 0 Å². The van der Waals surface area contributed by atoms with Gasteiger partial charge in [0.25, 0.3) is 5.91 Å². The van der Waals surface area contributed by atoms with Gasteiger partial charge >= 0.3 is 0 Å². The second kappa shape index (κ2) is 9.02. The molecular formula is C15H22BrN3O3S. The van der Waals surface area contributed by atoms with E-state index in [1.54, 1.807) is 26.0 Å². The predicted octanol–water partition coefficient (Wildman–Crippen LogP) is 2.05. The lowest BCUT2D eigenvalue weighted by molar-refractivity contribution is -0.124. The van der Waals surface area contributed by atoms with Crippen LogP contribution in [0.15, 0.2) is 15.9 Å². The fourth-order valence-corrected chi connectivity index (χ4v) is 3.14. The minimum atomic E-state index is -0.681. The van der Waals surface area contributed by atoms with E-state index in [4.69, 9.17) is 0 Å². The lowest BCUT2D eigenvalue weighted by Gasteiger charge is -2.18. The lowest BCUT2D eigenvalue weighted by Crippen LogP contribution is -2.48. The van der Waals surface area contributed by atoms with Gasteiger partial charge in [-0.05, 0) is 55.8 Å². The van der Waals surface area contributed by atoms with Crippen molar-refractivity contribution in [2.24, 2.45) is 0 Å². The van der Waals surface area contributed by atoms with E-state index in [1.165, 1.54) is 11.3 Å². The molecule has 1 heterocycles. The van der Waals surface area contributed by atoms with E-state index >= 15 is 0 Å². The third-order valence-corrected chi connectivity index (χ3v) is 4.49. The first-order chi connectivity index (χ1) is 10.7. The van der Waals surface area contributed by atoms with Crippen LogP contribution in [0.5, 0.6) is 0 Å². The molecule has 23 heavy (non-hydrogen) atoms. The molecule has 128 valence electrons. The van der Waals surface area contributed by atoms with Crippen molar-refractivity contribution >= 4 is 45.0 Å². The highest BCUT2D eigenvalue weighted by molar-refractivity contribution is 9.11. The van der Waals surface area contributed by atoms with Crippen LogP contribution in [0.25, 0.3) is 0 Å². The molecule has 0 radical (unpaired) electrons. The number of nitrogens with one attached hydrogen (secondary N) is 3. The summed E-state index contributed by atoms with van der Waals surface area (Å²) < 4.78 is 0.851. The topological polar surface area (TPSA) is 87.3 Å². The first kappa shape index (κ1) is 19.6. The fourth-order valence-electron chi connectivity index (χ4n) is 1.85. The molecule has 8 heteroatoms. The summed E-state index contributed by atoms with van der Waals surface area (Å²) in [5.41, 5.74) is 0. The largest absolute Gasteiger partial charge is 0.354 e. The molecule has 0 bridgehead atoms. The van der Waals surface area contributed by atoms with Crippen molar-refractivity contribution in [1.82, 2.24) is 16.0 Å². The molecule has 0 aliphatic rings. The highest BCUT2D eigenvalue weighted by atomic mass is 79.9. The molecule has 0 aromatic carbocycles. The molecule has 0 saturated heterocycles. The number of hydrogen-bond donors (Lipinski definition) is 3. The molecule has 6 nitrogen and oxygen atoms in total. The number of carbonyl (C=O) groups is 3. The molecule has 2 atom stereocenters. The smallest absolute Gasteiger partial charge is 0.262 e. The Kier molecular flexibility index (Phi) is 7.70. The molecular weight excluding hydrogens is 382 g/mol. The van der Waals surface area contributed by atoms with Gasteiger partial charge < -0.3 is 16.0 Å². The summed E-state index contributed by atoms with van der Waals surface area (Å²) in [6.45, 7) is 7.11. The van der Waals surface area contributed by atoms with Gasteiger partial charge in [0.05, 0.1) is 8.66 Å². The average Bonchev–Trinajstić information content (AvgIpc) is 2.83. The van der Waals surface area contributed by atoms with Gasteiger partial charge in [0.2, 0.25) is 11.8 Å². The molecule has 1 aromatic heterocycles. The van der Waals surface area contributed by atoms with Gasteiger partial charge in [-0.2, -0.15) is 0 Å². The molecule has 1 aromatic rings. The molecule has 3 amide bonds. The highest BCUT2D eigenvalue weighted by Gasteiger charge is 2.20. The Morgan fingerprint density at radius 2 is 1.74 bits per heavy atom. The van der Waals surface area contributed by atoms with Crippen molar-refractivity contribution in [3.05, 3.63) is 20.8 Å². The highest BCUT2D eigenvalue weighted by Crippen LogP contribution is 2.21. The van der Waals surface area contributed by atoms with Crippen LogP contribution in [-0.2, 0) is 9.59 Å². The normalized spacial score (nSPS) is 13.3. The Hall–Kier alpha value is -1.41. The predicted molar refractivity (Wildman–Crippen MR) is 94.4 cm³/mol. The number of hydrogen-bond acceptors (Lipinski definition) is 4. The van der Waals surface area contributed by atoms with Crippen LogP contribution in [0.3, 0.4) is 0 Å². The first-order valence-corrected chi connectivity index (χ1v) is 8.96. The van der Waals surface area contributed by atoms with E-state index in [1.807, 2.05) is 13.8 Å². The quantitative estimate of drug-likeness (QED) is 0.650. The fraction of sp³-hybridized carbons (Fsp3) is 0.533. The van der Waals surface area contributed by atoms with E-state index in [0.717, 1.165) is 3.79 Å². The summed E-state index contributed by atoms with van der Waals surface area (Å²) in [4.78, 5) is 36.2. The molecule has 0 fully saturated rings. The van der Waals surface area contributed by atoms with Gasteiger partial charge in [-0.3, -0.25) is 14.4 Å². The second-order valence-corrected chi connectivity index (χ2v) is 8.10. The van der Waals surface area contributed by atoms with Crippen molar-refractivity contribution in [1.29, 1.82) is 0 Å². The maximum absolute atomic E-state index is 12.1. The Bertz CT molecular complexity index is 574. The Morgan fingerprint density at radius 1 is 1.09 bits per heavy atom. The second-order valence-electron chi connectivity index (χ2n) is 5.63. The van der Waals surface area contributed by atoms with Gasteiger partial charge in [-0.1, -0.05) is 0 Å². The van der Waals surface area contributed by atoms with Gasteiger partial charge in [-0.15, -0.1) is 11.3 Å². The van der Waals surface area contributed by atoms with Crippen molar-refractivity contribution in [3.8, 4) is 0 Å². The van der Waals surface area contributed by atoms with Gasteiger partial charge in [-0.25, -0.2) is 0 Å². The number of halogens is 1. The van der Waals surface area contributed by atoms with Crippen molar-refractivity contribution < 1.29 is 14.4 Å². The van der Waals surface area contributed by atoms with E-state index in [9.17, 15) is 14.4 Å². The molecule has 0 saturated carbocycles. The van der Waals surface area contributed by atoms with Crippen LogP contribution < -0.4 is 16.0 Å². The minimum Gasteiger partial charge on any atom is -0.354 e. The third kappa shape index (κ3) is 7.13. The van der Waals surface area contributed by atoms with Crippen molar-refractivity contribution in [3.63, 3.8) is 0 Å². The summed E-state index contributed by atoms with van der Waals surface area (Å²) in [5.74, 6) is -0.736. The molecule has 0 aliphatic carbocycles. The molecule has 3 N–H and O–H groups in total. The van der Waals surface area contributed by atoms with Crippen LogP contribution in [0, 0.1) is 0 Å². The standard InChI is InChI=1S/C15H22BrN3O3S/c1-8(2)17-13(20)7-9(3)18-14(21)10(4)19-15(22)11-5-6-12(16)23-11/h5-6,8-10H,7H2,1-4H3,(H,17,20)(H,18,21)(H,19,22)/t9-,10-/m0/s1. The Balaban J connectivity index is 2.44. The maximum Gasteiger partial charge on any atom is 0.262 e. The number of carbonyl (C=O) groups excluding carboxylic acids is 3. The molecule has 1 rings (SSSR count). The van der Waals surface area contributed by atoms with Crippen LogP contribution >= 0.6 is 27.3 Å². The lowest BCUT2D eigenvalue weighted by atomic mass is 10.2. The Labute approximate surface area is 148 Å². The Morgan fingerprint density at radius 3 is 2.26 bits per heavy atom.